The van der Waals surface area contributed by atoms with Crippen LogP contribution in [0.25, 0.3) is 0 Å². The molecule has 0 amide bonds. The SMILES string of the molecule is CCC1(CNc2nc(NC)c(Cl)cc2Cl)CC1. The lowest BCUT2D eigenvalue weighted by molar-refractivity contribution is 0.521. The van der Waals surface area contributed by atoms with Crippen LogP contribution in [0.4, 0.5) is 11.6 Å². The third-order valence-electron chi connectivity index (χ3n) is 3.50. The van der Waals surface area contributed by atoms with Gasteiger partial charge in [0, 0.05) is 13.6 Å². The van der Waals surface area contributed by atoms with Crippen molar-refractivity contribution in [3.63, 3.8) is 0 Å². The van der Waals surface area contributed by atoms with Crippen molar-refractivity contribution in [3.8, 4) is 0 Å². The molecule has 0 unspecified atom stereocenters. The number of hydrogen-bond acceptors (Lipinski definition) is 3. The molecule has 1 aliphatic rings. The van der Waals surface area contributed by atoms with Crippen molar-refractivity contribution in [3.05, 3.63) is 16.1 Å². The summed E-state index contributed by atoms with van der Waals surface area (Å²) in [6.45, 7) is 3.16. The molecule has 0 bridgehead atoms. The zero-order chi connectivity index (χ0) is 12.5. The molecule has 0 aliphatic heterocycles. The van der Waals surface area contributed by atoms with E-state index < -0.39 is 0 Å². The lowest BCUT2D eigenvalue weighted by atomic mass is 10.0. The van der Waals surface area contributed by atoms with Gasteiger partial charge in [-0.15, -0.1) is 0 Å². The Kier molecular flexibility index (Phi) is 3.69. The standard InChI is InChI=1S/C12H17Cl2N3/c1-3-12(4-5-12)7-16-11-9(14)6-8(13)10(15-2)17-11/h6H,3-5,7H2,1-2H3,(H2,15,16,17). The maximum atomic E-state index is 6.11. The van der Waals surface area contributed by atoms with Crippen LogP contribution >= 0.6 is 23.2 Å². The van der Waals surface area contributed by atoms with Crippen LogP contribution in [0.2, 0.25) is 10.0 Å². The van der Waals surface area contributed by atoms with Gasteiger partial charge < -0.3 is 10.6 Å². The molecule has 2 rings (SSSR count). The first kappa shape index (κ1) is 12.8. The Hall–Kier alpha value is -0.670. The first-order chi connectivity index (χ1) is 8.10. The number of pyridine rings is 1. The quantitative estimate of drug-likeness (QED) is 0.851. The Labute approximate surface area is 112 Å². The second kappa shape index (κ2) is 4.91. The summed E-state index contributed by atoms with van der Waals surface area (Å²) in [5.41, 5.74) is 0.463. The van der Waals surface area contributed by atoms with Gasteiger partial charge in [-0.1, -0.05) is 30.1 Å². The van der Waals surface area contributed by atoms with E-state index in [1.54, 1.807) is 13.1 Å². The molecule has 17 heavy (non-hydrogen) atoms. The van der Waals surface area contributed by atoms with E-state index >= 15 is 0 Å². The van der Waals surface area contributed by atoms with Crippen LogP contribution in [0.3, 0.4) is 0 Å². The first-order valence-electron chi connectivity index (χ1n) is 5.88. The number of halogens is 2. The van der Waals surface area contributed by atoms with E-state index in [-0.39, 0.29) is 0 Å². The number of nitrogens with one attached hydrogen (secondary N) is 2. The summed E-state index contributed by atoms with van der Waals surface area (Å²) in [7, 11) is 1.79. The Balaban J connectivity index is 2.10. The Morgan fingerprint density at radius 2 is 1.94 bits per heavy atom. The summed E-state index contributed by atoms with van der Waals surface area (Å²) < 4.78 is 0. The van der Waals surface area contributed by atoms with Crippen molar-refractivity contribution in [1.29, 1.82) is 0 Å². The van der Waals surface area contributed by atoms with Crippen LogP contribution in [-0.2, 0) is 0 Å². The van der Waals surface area contributed by atoms with Gasteiger partial charge in [0.05, 0.1) is 10.0 Å². The highest BCUT2D eigenvalue weighted by Gasteiger charge is 2.40. The Bertz CT molecular complexity index is 416. The minimum atomic E-state index is 0.463. The number of anilines is 2. The van der Waals surface area contributed by atoms with E-state index in [2.05, 4.69) is 22.5 Å². The monoisotopic (exact) mass is 273 g/mol. The Morgan fingerprint density at radius 3 is 2.47 bits per heavy atom. The molecule has 5 heteroatoms. The summed E-state index contributed by atoms with van der Waals surface area (Å²) in [5, 5.41) is 7.39. The molecule has 3 nitrogen and oxygen atoms in total. The van der Waals surface area contributed by atoms with Crippen molar-refractivity contribution in [2.75, 3.05) is 24.2 Å². The smallest absolute Gasteiger partial charge is 0.147 e. The molecule has 1 aliphatic carbocycles. The second-order valence-electron chi connectivity index (χ2n) is 4.61. The highest BCUT2D eigenvalue weighted by Crippen LogP contribution is 2.48. The third kappa shape index (κ3) is 2.78. The normalized spacial score (nSPS) is 16.7. The van der Waals surface area contributed by atoms with Crippen LogP contribution in [0.15, 0.2) is 6.07 Å². The highest BCUT2D eigenvalue weighted by molar-refractivity contribution is 6.37. The van der Waals surface area contributed by atoms with E-state index in [0.717, 1.165) is 6.54 Å². The van der Waals surface area contributed by atoms with Crippen molar-refractivity contribution >= 4 is 34.8 Å². The summed E-state index contributed by atoms with van der Waals surface area (Å²) in [5.74, 6) is 1.36. The van der Waals surface area contributed by atoms with Gasteiger partial charge in [-0.25, -0.2) is 4.98 Å². The van der Waals surface area contributed by atoms with Gasteiger partial charge >= 0.3 is 0 Å². The molecule has 0 radical (unpaired) electrons. The van der Waals surface area contributed by atoms with Crippen molar-refractivity contribution in [2.45, 2.75) is 26.2 Å². The minimum absolute atomic E-state index is 0.463. The maximum Gasteiger partial charge on any atom is 0.147 e. The van der Waals surface area contributed by atoms with Gasteiger partial charge in [-0.05, 0) is 30.7 Å². The average molecular weight is 274 g/mol. The predicted octanol–water partition coefficient (Wildman–Crippen LogP) is 4.03. The third-order valence-corrected chi connectivity index (χ3v) is 4.08. The van der Waals surface area contributed by atoms with E-state index in [1.807, 2.05) is 0 Å². The fourth-order valence-electron chi connectivity index (χ4n) is 1.87. The van der Waals surface area contributed by atoms with Crippen molar-refractivity contribution in [1.82, 2.24) is 4.98 Å². The summed E-state index contributed by atoms with van der Waals surface area (Å²) in [4.78, 5) is 4.37. The topological polar surface area (TPSA) is 37.0 Å². The molecule has 94 valence electrons. The second-order valence-corrected chi connectivity index (χ2v) is 5.42. The molecule has 1 heterocycles. The minimum Gasteiger partial charge on any atom is -0.372 e. The molecule has 0 aromatic carbocycles. The maximum absolute atomic E-state index is 6.11. The van der Waals surface area contributed by atoms with Gasteiger partial charge in [-0.3, -0.25) is 0 Å². The lowest BCUT2D eigenvalue weighted by Crippen LogP contribution is -2.15. The van der Waals surface area contributed by atoms with Gasteiger partial charge in [0.1, 0.15) is 11.6 Å². The number of nitrogens with zero attached hydrogens (tertiary/aromatic N) is 1. The van der Waals surface area contributed by atoms with Crippen LogP contribution in [0.1, 0.15) is 26.2 Å². The molecule has 1 aromatic heterocycles. The molecule has 1 fully saturated rings. The van der Waals surface area contributed by atoms with Crippen LogP contribution in [-0.4, -0.2) is 18.6 Å². The number of rotatable bonds is 5. The first-order valence-corrected chi connectivity index (χ1v) is 6.63. The molecule has 0 atom stereocenters. The molecule has 0 spiro atoms. The molecule has 1 saturated carbocycles. The van der Waals surface area contributed by atoms with Crippen molar-refractivity contribution < 1.29 is 0 Å². The van der Waals surface area contributed by atoms with Gasteiger partial charge in [-0.2, -0.15) is 0 Å². The fourth-order valence-corrected chi connectivity index (χ4v) is 2.39. The van der Waals surface area contributed by atoms with E-state index in [0.29, 0.717) is 27.1 Å². The van der Waals surface area contributed by atoms with Crippen LogP contribution in [0.5, 0.6) is 0 Å². The summed E-state index contributed by atoms with van der Waals surface area (Å²) in [6.07, 6.45) is 3.78. The molecular weight excluding hydrogens is 257 g/mol. The fraction of sp³-hybridized carbons (Fsp3) is 0.583. The predicted molar refractivity (Wildman–Crippen MR) is 74.3 cm³/mol. The van der Waals surface area contributed by atoms with E-state index in [1.165, 1.54) is 19.3 Å². The average Bonchev–Trinajstić information content (AvgIpc) is 3.09. The van der Waals surface area contributed by atoms with Gasteiger partial charge in [0.2, 0.25) is 0 Å². The molecule has 2 N–H and O–H groups in total. The van der Waals surface area contributed by atoms with E-state index in [9.17, 15) is 0 Å². The summed E-state index contributed by atoms with van der Waals surface area (Å²) in [6, 6.07) is 1.72. The zero-order valence-corrected chi connectivity index (χ0v) is 11.6. The molecular formula is C12H17Cl2N3. The van der Waals surface area contributed by atoms with Crippen LogP contribution < -0.4 is 10.6 Å². The van der Waals surface area contributed by atoms with Gasteiger partial charge in [0.25, 0.3) is 0 Å². The highest BCUT2D eigenvalue weighted by atomic mass is 35.5. The Morgan fingerprint density at radius 1 is 1.29 bits per heavy atom. The lowest BCUT2D eigenvalue weighted by Gasteiger charge is -2.15. The number of hydrogen-bond donors (Lipinski definition) is 2. The van der Waals surface area contributed by atoms with Crippen LogP contribution in [0, 0.1) is 5.41 Å². The largest absolute Gasteiger partial charge is 0.372 e. The van der Waals surface area contributed by atoms with Gasteiger partial charge in [0.15, 0.2) is 0 Å². The molecule has 1 aromatic rings. The number of aromatic nitrogens is 1. The zero-order valence-electron chi connectivity index (χ0n) is 10.1. The van der Waals surface area contributed by atoms with E-state index in [4.69, 9.17) is 23.2 Å². The molecule has 0 saturated heterocycles. The van der Waals surface area contributed by atoms with Crippen molar-refractivity contribution in [2.24, 2.45) is 5.41 Å². The summed E-state index contributed by atoms with van der Waals surface area (Å²) >= 11 is 12.1.